The number of benzene rings is 3. The summed E-state index contributed by atoms with van der Waals surface area (Å²) in [5.74, 6) is 1.08. The summed E-state index contributed by atoms with van der Waals surface area (Å²) < 4.78 is 13.1. The highest BCUT2D eigenvalue weighted by Gasteiger charge is 2.26. The van der Waals surface area contributed by atoms with E-state index in [9.17, 15) is 9.59 Å². The van der Waals surface area contributed by atoms with Crippen molar-refractivity contribution in [1.29, 1.82) is 0 Å². The summed E-state index contributed by atoms with van der Waals surface area (Å²) in [7, 11) is 1.70. The van der Waals surface area contributed by atoms with Crippen LogP contribution in [0.4, 0.5) is 0 Å². The maximum Gasteiger partial charge on any atom is 0.274 e. The molecule has 1 aliphatic rings. The second kappa shape index (κ2) is 8.78. The van der Waals surface area contributed by atoms with Crippen LogP contribution in [0.5, 0.6) is 11.5 Å². The Morgan fingerprint density at radius 3 is 2.42 bits per heavy atom. The Morgan fingerprint density at radius 1 is 0.970 bits per heavy atom. The van der Waals surface area contributed by atoms with Crippen molar-refractivity contribution in [2.45, 2.75) is 12.6 Å². The number of carbonyl (C=O) groups is 1. The van der Waals surface area contributed by atoms with E-state index in [2.05, 4.69) is 5.10 Å². The van der Waals surface area contributed by atoms with Crippen molar-refractivity contribution in [3.8, 4) is 11.5 Å². The molecule has 0 N–H and O–H groups in total. The van der Waals surface area contributed by atoms with Crippen LogP contribution in [-0.2, 0) is 6.54 Å². The Kier molecular flexibility index (Phi) is 5.52. The molecule has 4 aromatic rings. The molecule has 33 heavy (non-hydrogen) atoms. The average Bonchev–Trinajstić information content (AvgIpc) is 2.86. The normalized spacial score (nSPS) is 14.8. The van der Waals surface area contributed by atoms with Gasteiger partial charge in [0.15, 0.2) is 23.3 Å². The molecule has 3 aromatic carbocycles. The Hall–Kier alpha value is -4.13. The Labute approximate surface area is 190 Å². The van der Waals surface area contributed by atoms with Gasteiger partial charge in [0.25, 0.3) is 11.5 Å². The van der Waals surface area contributed by atoms with Crippen LogP contribution in [-0.4, -0.2) is 46.9 Å². The van der Waals surface area contributed by atoms with Gasteiger partial charge in [-0.3, -0.25) is 9.59 Å². The lowest BCUT2D eigenvalue weighted by molar-refractivity contribution is 0.0517. The molecule has 1 amide bonds. The van der Waals surface area contributed by atoms with E-state index < -0.39 is 0 Å². The molecule has 2 heterocycles. The van der Waals surface area contributed by atoms with Crippen LogP contribution in [0.15, 0.2) is 83.7 Å². The zero-order chi connectivity index (χ0) is 22.8. The van der Waals surface area contributed by atoms with E-state index in [1.165, 1.54) is 4.68 Å². The first-order chi connectivity index (χ1) is 16.1. The van der Waals surface area contributed by atoms with Crippen molar-refractivity contribution in [2.24, 2.45) is 0 Å². The van der Waals surface area contributed by atoms with Crippen molar-refractivity contribution in [1.82, 2.24) is 14.7 Å². The molecule has 7 nitrogen and oxygen atoms in total. The van der Waals surface area contributed by atoms with Gasteiger partial charge in [-0.1, -0.05) is 60.7 Å². The molecule has 5 rings (SSSR count). The molecule has 0 saturated carbocycles. The second-order valence-corrected chi connectivity index (χ2v) is 8.03. The number of nitrogens with zero attached hydrogens (tertiary/aromatic N) is 3. The zero-order valence-electron chi connectivity index (χ0n) is 18.2. The fourth-order valence-corrected chi connectivity index (χ4v) is 3.98. The summed E-state index contributed by atoms with van der Waals surface area (Å²) in [4.78, 5) is 28.1. The Balaban J connectivity index is 1.44. The van der Waals surface area contributed by atoms with Crippen molar-refractivity contribution in [3.05, 3.63) is 100 Å². The van der Waals surface area contributed by atoms with Gasteiger partial charge in [-0.2, -0.15) is 5.10 Å². The third kappa shape index (κ3) is 4.17. The molecule has 0 bridgehead atoms. The number of hydrogen-bond donors (Lipinski definition) is 0. The maximum absolute atomic E-state index is 13.4. The third-order valence-electron chi connectivity index (χ3n) is 5.64. The van der Waals surface area contributed by atoms with Crippen LogP contribution in [0.2, 0.25) is 0 Å². The van der Waals surface area contributed by atoms with Crippen LogP contribution in [0, 0.1) is 0 Å². The van der Waals surface area contributed by atoms with Gasteiger partial charge in [-0.05, 0) is 23.8 Å². The van der Waals surface area contributed by atoms with Gasteiger partial charge in [0.1, 0.15) is 6.61 Å². The van der Waals surface area contributed by atoms with Crippen LogP contribution in [0.25, 0.3) is 10.8 Å². The molecule has 0 aliphatic carbocycles. The van der Waals surface area contributed by atoms with E-state index in [1.54, 1.807) is 36.2 Å². The molecule has 0 saturated heterocycles. The van der Waals surface area contributed by atoms with Gasteiger partial charge < -0.3 is 14.4 Å². The SMILES string of the molecule is CN(C[C@@H]1COc2ccccc2O1)C(=O)c1nn(Cc2ccccc2)c(=O)c2ccccc12. The second-order valence-electron chi connectivity index (χ2n) is 8.03. The van der Waals surface area contributed by atoms with Crippen LogP contribution < -0.4 is 15.0 Å². The van der Waals surface area contributed by atoms with Gasteiger partial charge >= 0.3 is 0 Å². The maximum atomic E-state index is 13.4. The quantitative estimate of drug-likeness (QED) is 0.475. The number of carbonyl (C=O) groups excluding carboxylic acids is 1. The van der Waals surface area contributed by atoms with Crippen molar-refractivity contribution in [3.63, 3.8) is 0 Å². The summed E-state index contributed by atoms with van der Waals surface area (Å²) in [5, 5.41) is 5.49. The highest BCUT2D eigenvalue weighted by Crippen LogP contribution is 2.31. The predicted octanol–water partition coefficient (Wildman–Crippen LogP) is 3.36. The molecule has 1 aliphatic heterocycles. The van der Waals surface area contributed by atoms with Gasteiger partial charge in [-0.25, -0.2) is 4.68 Å². The van der Waals surface area contributed by atoms with E-state index in [0.29, 0.717) is 35.4 Å². The summed E-state index contributed by atoms with van der Waals surface area (Å²) in [5.41, 5.74) is 0.940. The Bertz CT molecular complexity index is 1370. The van der Waals surface area contributed by atoms with E-state index >= 15 is 0 Å². The third-order valence-corrected chi connectivity index (χ3v) is 5.64. The first-order valence-corrected chi connectivity index (χ1v) is 10.8. The molecule has 0 spiro atoms. The van der Waals surface area contributed by atoms with E-state index in [0.717, 1.165) is 5.56 Å². The molecule has 0 unspecified atom stereocenters. The largest absolute Gasteiger partial charge is 0.486 e. The number of hydrogen-bond acceptors (Lipinski definition) is 5. The van der Waals surface area contributed by atoms with Gasteiger partial charge in [0.05, 0.1) is 18.5 Å². The van der Waals surface area contributed by atoms with E-state index in [4.69, 9.17) is 9.47 Å². The van der Waals surface area contributed by atoms with Crippen LogP contribution >= 0.6 is 0 Å². The molecule has 166 valence electrons. The minimum absolute atomic E-state index is 0.228. The van der Waals surface area contributed by atoms with Gasteiger partial charge in [0, 0.05) is 12.4 Å². The molecule has 1 aromatic heterocycles. The summed E-state index contributed by atoms with van der Waals surface area (Å²) in [6.45, 7) is 0.947. The van der Waals surface area contributed by atoms with Gasteiger partial charge in [-0.15, -0.1) is 0 Å². The van der Waals surface area contributed by atoms with Crippen LogP contribution in [0.1, 0.15) is 16.1 Å². The summed E-state index contributed by atoms with van der Waals surface area (Å²) in [6.07, 6.45) is -0.310. The minimum Gasteiger partial charge on any atom is -0.486 e. The number of aromatic nitrogens is 2. The summed E-state index contributed by atoms with van der Waals surface area (Å²) >= 11 is 0. The number of rotatable bonds is 5. The lowest BCUT2D eigenvalue weighted by atomic mass is 10.1. The molecule has 0 radical (unpaired) electrons. The summed E-state index contributed by atoms with van der Waals surface area (Å²) in [6, 6.07) is 24.1. The minimum atomic E-state index is -0.310. The smallest absolute Gasteiger partial charge is 0.274 e. The monoisotopic (exact) mass is 441 g/mol. The molecule has 7 heteroatoms. The molecular weight excluding hydrogens is 418 g/mol. The first-order valence-electron chi connectivity index (χ1n) is 10.8. The zero-order valence-corrected chi connectivity index (χ0v) is 18.2. The fourth-order valence-electron chi connectivity index (χ4n) is 3.98. The standard InChI is InChI=1S/C26H23N3O4/c1-28(16-19-17-32-22-13-7-8-14-23(22)33-19)26(31)24-20-11-5-6-12-21(20)25(30)29(27-24)15-18-9-3-2-4-10-18/h2-14,19H,15-17H2,1H3/t19-/m1/s1. The Morgan fingerprint density at radius 2 is 1.64 bits per heavy atom. The van der Waals surface area contributed by atoms with Gasteiger partial charge in [0.2, 0.25) is 0 Å². The van der Waals surface area contributed by atoms with Crippen molar-refractivity contribution in [2.75, 3.05) is 20.2 Å². The number of likely N-dealkylation sites (N-methyl/N-ethyl adjacent to an activating group) is 1. The lowest BCUT2D eigenvalue weighted by Crippen LogP contribution is -2.42. The molecule has 0 fully saturated rings. The van der Waals surface area contributed by atoms with Crippen LogP contribution in [0.3, 0.4) is 0 Å². The molecular formula is C26H23N3O4. The first kappa shape index (κ1) is 20.8. The van der Waals surface area contributed by atoms with Crippen molar-refractivity contribution >= 4 is 16.7 Å². The number of amides is 1. The number of fused-ring (bicyclic) bond motifs is 2. The molecule has 1 atom stereocenters. The number of ether oxygens (including phenoxy) is 2. The van der Waals surface area contributed by atoms with E-state index in [-0.39, 0.29) is 29.8 Å². The van der Waals surface area contributed by atoms with Crippen molar-refractivity contribution < 1.29 is 14.3 Å². The average molecular weight is 441 g/mol. The fraction of sp³-hybridized carbons (Fsp3) is 0.192. The highest BCUT2D eigenvalue weighted by atomic mass is 16.6. The number of para-hydroxylation sites is 2. The lowest BCUT2D eigenvalue weighted by Gasteiger charge is -2.29. The highest BCUT2D eigenvalue weighted by molar-refractivity contribution is 6.04. The predicted molar refractivity (Wildman–Crippen MR) is 125 cm³/mol. The topological polar surface area (TPSA) is 73.7 Å². The van der Waals surface area contributed by atoms with E-state index in [1.807, 2.05) is 54.6 Å².